The van der Waals surface area contributed by atoms with E-state index < -0.39 is 6.04 Å². The first kappa shape index (κ1) is 11.5. The molecule has 1 aliphatic heterocycles. The van der Waals surface area contributed by atoms with Gasteiger partial charge in [0.05, 0.1) is 13.2 Å². The van der Waals surface area contributed by atoms with Gasteiger partial charge in [0.1, 0.15) is 12.1 Å². The molecule has 82 valence electrons. The molecule has 14 heavy (non-hydrogen) atoms. The third-order valence-electron chi connectivity index (χ3n) is 2.36. The Morgan fingerprint density at radius 2 is 2.21 bits per heavy atom. The van der Waals surface area contributed by atoms with E-state index in [-0.39, 0.29) is 17.5 Å². The van der Waals surface area contributed by atoms with E-state index in [2.05, 4.69) is 0 Å². The predicted molar refractivity (Wildman–Crippen MR) is 52.7 cm³/mol. The molecule has 1 aliphatic rings. The van der Waals surface area contributed by atoms with E-state index in [1.54, 1.807) is 0 Å². The summed E-state index contributed by atoms with van der Waals surface area (Å²) < 4.78 is 10.3. The third-order valence-corrected chi connectivity index (χ3v) is 2.36. The Bertz CT molecular complexity index is 204. The van der Waals surface area contributed by atoms with E-state index in [1.165, 1.54) is 0 Å². The number of hydrogen-bond donors (Lipinski definition) is 1. The zero-order valence-corrected chi connectivity index (χ0v) is 9.08. The number of hydrogen-bond acceptors (Lipinski definition) is 4. The number of ether oxygens (including phenoxy) is 2. The van der Waals surface area contributed by atoms with E-state index in [1.807, 2.05) is 20.8 Å². The molecular weight excluding hydrogens is 182 g/mol. The molecule has 0 aromatic carbocycles. The van der Waals surface area contributed by atoms with Crippen LogP contribution in [0.25, 0.3) is 0 Å². The van der Waals surface area contributed by atoms with E-state index in [4.69, 9.17) is 15.2 Å². The van der Waals surface area contributed by atoms with Crippen molar-refractivity contribution in [2.45, 2.75) is 39.3 Å². The summed E-state index contributed by atoms with van der Waals surface area (Å²) in [7, 11) is 0. The first-order valence-corrected chi connectivity index (χ1v) is 4.95. The van der Waals surface area contributed by atoms with Crippen molar-refractivity contribution in [3.63, 3.8) is 0 Å². The van der Waals surface area contributed by atoms with Crippen molar-refractivity contribution < 1.29 is 14.3 Å². The highest BCUT2D eigenvalue weighted by molar-refractivity contribution is 5.76. The van der Waals surface area contributed by atoms with Gasteiger partial charge in [0.25, 0.3) is 0 Å². The average Bonchev–Trinajstić information content (AvgIpc) is 2.53. The molecule has 0 bridgehead atoms. The molecular formula is C10H19NO3. The second kappa shape index (κ2) is 4.28. The maximum absolute atomic E-state index is 11.5. The molecule has 0 aliphatic carbocycles. The number of rotatable bonds is 2. The first-order chi connectivity index (χ1) is 6.41. The highest BCUT2D eigenvalue weighted by Gasteiger charge is 2.31. The second-order valence-electron chi connectivity index (χ2n) is 4.77. The van der Waals surface area contributed by atoms with Gasteiger partial charge in [-0.15, -0.1) is 0 Å². The van der Waals surface area contributed by atoms with Crippen LogP contribution in [0, 0.1) is 5.41 Å². The van der Waals surface area contributed by atoms with Crippen LogP contribution in [-0.4, -0.2) is 31.3 Å². The van der Waals surface area contributed by atoms with E-state index in [0.717, 1.165) is 6.42 Å². The van der Waals surface area contributed by atoms with Gasteiger partial charge in [0, 0.05) is 6.42 Å². The molecule has 0 saturated carbocycles. The van der Waals surface area contributed by atoms with Gasteiger partial charge in [-0.3, -0.25) is 4.79 Å². The SMILES string of the molecule is CC(C)(C)[C@H](N)C(=O)OC1CCOC1. The molecule has 0 radical (unpaired) electrons. The van der Waals surface area contributed by atoms with Crippen molar-refractivity contribution in [2.24, 2.45) is 11.1 Å². The van der Waals surface area contributed by atoms with Crippen molar-refractivity contribution in [3.05, 3.63) is 0 Å². The highest BCUT2D eigenvalue weighted by Crippen LogP contribution is 2.19. The van der Waals surface area contributed by atoms with E-state index in [9.17, 15) is 4.79 Å². The fourth-order valence-corrected chi connectivity index (χ4v) is 1.20. The molecule has 1 saturated heterocycles. The smallest absolute Gasteiger partial charge is 0.323 e. The van der Waals surface area contributed by atoms with Crippen molar-refractivity contribution in [1.29, 1.82) is 0 Å². The fourth-order valence-electron chi connectivity index (χ4n) is 1.20. The van der Waals surface area contributed by atoms with Gasteiger partial charge in [-0.2, -0.15) is 0 Å². The third kappa shape index (κ3) is 2.96. The maximum atomic E-state index is 11.5. The van der Waals surface area contributed by atoms with Crippen molar-refractivity contribution in [3.8, 4) is 0 Å². The van der Waals surface area contributed by atoms with Crippen LogP contribution in [0.2, 0.25) is 0 Å². The fraction of sp³-hybridized carbons (Fsp3) is 0.900. The number of nitrogens with two attached hydrogens (primary N) is 1. The largest absolute Gasteiger partial charge is 0.459 e. The van der Waals surface area contributed by atoms with Gasteiger partial charge in [-0.05, 0) is 5.41 Å². The van der Waals surface area contributed by atoms with Crippen LogP contribution < -0.4 is 5.73 Å². The lowest BCUT2D eigenvalue weighted by atomic mass is 9.87. The van der Waals surface area contributed by atoms with Gasteiger partial charge >= 0.3 is 5.97 Å². The normalized spacial score (nSPS) is 24.7. The number of carbonyl (C=O) groups is 1. The second-order valence-corrected chi connectivity index (χ2v) is 4.77. The zero-order chi connectivity index (χ0) is 10.8. The summed E-state index contributed by atoms with van der Waals surface area (Å²) >= 11 is 0. The van der Waals surface area contributed by atoms with Crippen LogP contribution in [0.3, 0.4) is 0 Å². The topological polar surface area (TPSA) is 61.6 Å². The highest BCUT2D eigenvalue weighted by atomic mass is 16.6. The lowest BCUT2D eigenvalue weighted by Gasteiger charge is -2.26. The molecule has 1 unspecified atom stereocenters. The Kier molecular flexibility index (Phi) is 3.50. The number of esters is 1. The monoisotopic (exact) mass is 201 g/mol. The molecule has 1 heterocycles. The summed E-state index contributed by atoms with van der Waals surface area (Å²) in [6.45, 7) is 6.93. The van der Waals surface area contributed by atoms with Crippen LogP contribution in [-0.2, 0) is 14.3 Å². The molecule has 4 heteroatoms. The minimum absolute atomic E-state index is 0.101. The molecule has 0 aromatic heterocycles. The Morgan fingerprint density at radius 3 is 2.64 bits per heavy atom. The molecule has 0 aromatic rings. The zero-order valence-electron chi connectivity index (χ0n) is 9.08. The first-order valence-electron chi connectivity index (χ1n) is 4.95. The van der Waals surface area contributed by atoms with Gasteiger partial charge in [0.15, 0.2) is 0 Å². The van der Waals surface area contributed by atoms with Crippen LogP contribution in [0.15, 0.2) is 0 Å². The van der Waals surface area contributed by atoms with Crippen LogP contribution in [0.1, 0.15) is 27.2 Å². The molecule has 2 N–H and O–H groups in total. The van der Waals surface area contributed by atoms with E-state index in [0.29, 0.717) is 13.2 Å². The summed E-state index contributed by atoms with van der Waals surface area (Å²) in [5, 5.41) is 0. The van der Waals surface area contributed by atoms with E-state index >= 15 is 0 Å². The Hall–Kier alpha value is -0.610. The minimum atomic E-state index is -0.567. The summed E-state index contributed by atoms with van der Waals surface area (Å²) in [5.74, 6) is -0.326. The lowest BCUT2D eigenvalue weighted by Crippen LogP contribution is -2.44. The van der Waals surface area contributed by atoms with Gasteiger partial charge in [-0.1, -0.05) is 20.8 Å². The molecule has 1 fully saturated rings. The predicted octanol–water partition coefficient (Wildman–Crippen LogP) is 0.692. The van der Waals surface area contributed by atoms with Crippen molar-refractivity contribution >= 4 is 5.97 Å². The lowest BCUT2D eigenvalue weighted by molar-refractivity contribution is -0.153. The van der Waals surface area contributed by atoms with Gasteiger partial charge in [-0.25, -0.2) is 0 Å². The molecule has 4 nitrogen and oxygen atoms in total. The summed E-state index contributed by atoms with van der Waals surface area (Å²) in [6, 6.07) is -0.567. The molecule has 1 rings (SSSR count). The Morgan fingerprint density at radius 1 is 1.57 bits per heavy atom. The molecule has 2 atom stereocenters. The van der Waals surface area contributed by atoms with Crippen LogP contribution >= 0.6 is 0 Å². The van der Waals surface area contributed by atoms with Gasteiger partial charge < -0.3 is 15.2 Å². The van der Waals surface area contributed by atoms with Crippen LogP contribution in [0.5, 0.6) is 0 Å². The molecule has 0 amide bonds. The Balaban J connectivity index is 2.41. The maximum Gasteiger partial charge on any atom is 0.323 e. The summed E-state index contributed by atoms with van der Waals surface area (Å²) in [4.78, 5) is 11.5. The van der Waals surface area contributed by atoms with Crippen LogP contribution in [0.4, 0.5) is 0 Å². The number of carbonyl (C=O) groups excluding carboxylic acids is 1. The molecule has 0 spiro atoms. The average molecular weight is 201 g/mol. The van der Waals surface area contributed by atoms with Gasteiger partial charge in [0.2, 0.25) is 0 Å². The summed E-state index contributed by atoms with van der Waals surface area (Å²) in [5.41, 5.74) is 5.50. The quantitative estimate of drug-likeness (QED) is 0.668. The summed E-state index contributed by atoms with van der Waals surface area (Å²) in [6.07, 6.45) is 0.679. The Labute approximate surface area is 84.7 Å². The van der Waals surface area contributed by atoms with Crippen molar-refractivity contribution in [2.75, 3.05) is 13.2 Å². The van der Waals surface area contributed by atoms with Crippen molar-refractivity contribution in [1.82, 2.24) is 0 Å². The standard InChI is InChI=1S/C10H19NO3/c1-10(2,3)8(11)9(12)14-7-4-5-13-6-7/h7-8H,4-6,11H2,1-3H3/t7?,8-/m1/s1. The minimum Gasteiger partial charge on any atom is -0.459 e.